The standard InChI is InChI=1S/2C27H22ClFN4O3S.C19H18N2O4S.C9H8ClFN2/c2*1-15-5-18-6-16(8-25(37(2,35)36)26(18)32-12-15)7-20-9-17(3-4-30-20)27(34)33-13-19-10-21-22(28)14-31-24(21)11-23(19)29;1-12-6-15-7-13(9-17(26(3,23)24)18(15)21-11-12)8-16-10-14(4-5-20-16)19(22)25-2;10-7-4-13-9-2-8(11)5(3-12)1-6(7)9/h2*3-6,8-12,14,31H,7,13H2,1-2H3,(H,33,34);4-7,9-11H,8H2,1-3H3;1-2,4,13H,3,12H2. The number of H-pyrrole nitrogens is 3. The fraction of sp³-hybridized carbons (Fsp3) is 0.159. The molecule has 15 rings (SSSR count). The van der Waals surface area contributed by atoms with E-state index in [0.717, 1.165) is 56.7 Å². The van der Waals surface area contributed by atoms with Crippen LogP contribution in [0.1, 0.15) is 98.2 Å². The molecule has 22 nitrogen and oxygen atoms in total. The first kappa shape index (κ1) is 81.0. The van der Waals surface area contributed by atoms with E-state index in [4.69, 9.17) is 45.3 Å². The molecular weight excluding hydrogens is 1570 g/mol. The van der Waals surface area contributed by atoms with E-state index in [0.29, 0.717) is 139 Å². The first-order valence-corrected chi connectivity index (χ1v) is 41.3. The number of hydrogen-bond acceptors (Lipinski definition) is 17. The number of rotatable bonds is 17. The number of hydrogen-bond donors (Lipinski definition) is 6. The molecule has 15 aromatic rings. The molecule has 0 spiro atoms. The number of nitrogens with zero attached hydrogens (tertiary/aromatic N) is 6. The van der Waals surface area contributed by atoms with Crippen LogP contribution in [0.5, 0.6) is 0 Å². The summed E-state index contributed by atoms with van der Waals surface area (Å²) in [6, 6.07) is 34.7. The second-order valence-electron chi connectivity index (χ2n) is 26.9. The van der Waals surface area contributed by atoms with Crippen LogP contribution in [0, 0.1) is 38.2 Å². The van der Waals surface area contributed by atoms with Crippen molar-refractivity contribution in [1.29, 1.82) is 0 Å². The van der Waals surface area contributed by atoms with Gasteiger partial charge in [-0.3, -0.25) is 39.5 Å². The second kappa shape index (κ2) is 33.8. The molecule has 0 saturated heterocycles. The Labute approximate surface area is 661 Å². The Balaban J connectivity index is 0.000000147. The van der Waals surface area contributed by atoms with Gasteiger partial charge in [0.2, 0.25) is 0 Å². The summed E-state index contributed by atoms with van der Waals surface area (Å²) in [5, 5.41) is 11.3. The van der Waals surface area contributed by atoms with Gasteiger partial charge in [-0.15, -0.1) is 0 Å². The Morgan fingerprint density at radius 2 is 0.743 bits per heavy atom. The van der Waals surface area contributed by atoms with Crippen molar-refractivity contribution >= 4 is 148 Å². The zero-order valence-electron chi connectivity index (χ0n) is 61.4. The number of ether oxygens (including phenoxy) is 1. The molecule has 6 aromatic carbocycles. The lowest BCUT2D eigenvalue weighted by atomic mass is 10.0. The minimum Gasteiger partial charge on any atom is -0.465 e. The van der Waals surface area contributed by atoms with Crippen molar-refractivity contribution in [2.24, 2.45) is 5.73 Å². The largest absolute Gasteiger partial charge is 0.465 e. The average Bonchev–Trinajstić information content (AvgIpc) is 1.69. The molecule has 0 radical (unpaired) electrons. The van der Waals surface area contributed by atoms with Crippen molar-refractivity contribution in [2.75, 3.05) is 25.9 Å². The lowest BCUT2D eigenvalue weighted by Gasteiger charge is -2.10. The van der Waals surface area contributed by atoms with Crippen molar-refractivity contribution in [1.82, 2.24) is 55.5 Å². The van der Waals surface area contributed by atoms with Gasteiger partial charge in [-0.1, -0.05) is 34.8 Å². The third-order valence-corrected chi connectivity index (χ3v) is 22.3. The summed E-state index contributed by atoms with van der Waals surface area (Å²) in [7, 11) is -9.15. The molecule has 7 N–H and O–H groups in total. The summed E-state index contributed by atoms with van der Waals surface area (Å²) in [6.07, 6.45) is 18.8. The van der Waals surface area contributed by atoms with Crippen LogP contribution in [-0.2, 0) is 73.1 Å². The maximum absolute atomic E-state index is 14.5. The Hall–Kier alpha value is -11.5. The van der Waals surface area contributed by atoms with E-state index in [2.05, 4.69) is 55.5 Å². The number of pyridine rings is 6. The van der Waals surface area contributed by atoms with Crippen molar-refractivity contribution in [3.05, 3.63) is 300 Å². The van der Waals surface area contributed by atoms with Crippen LogP contribution in [0.3, 0.4) is 0 Å². The van der Waals surface area contributed by atoms with Crippen LogP contribution in [0.2, 0.25) is 15.1 Å². The smallest absolute Gasteiger partial charge is 0.337 e. The number of fused-ring (bicyclic) bond motifs is 6. The van der Waals surface area contributed by atoms with Gasteiger partial charge in [-0.25, -0.2) is 43.2 Å². The molecule has 0 atom stereocenters. The fourth-order valence-electron chi connectivity index (χ4n) is 12.6. The van der Waals surface area contributed by atoms with Gasteiger partial charge in [0.1, 0.15) is 17.5 Å². The van der Waals surface area contributed by atoms with Crippen LogP contribution >= 0.6 is 34.8 Å². The van der Waals surface area contributed by atoms with E-state index < -0.39 is 58.9 Å². The Morgan fingerprint density at radius 1 is 0.434 bits per heavy atom. The summed E-state index contributed by atoms with van der Waals surface area (Å²) in [5.41, 5.74) is 17.5. The molecule has 31 heteroatoms. The number of benzene rings is 6. The van der Waals surface area contributed by atoms with Gasteiger partial charge in [-0.2, -0.15) is 0 Å². The maximum Gasteiger partial charge on any atom is 0.337 e. The molecule has 9 heterocycles. The summed E-state index contributed by atoms with van der Waals surface area (Å²) in [4.78, 5) is 72.4. The summed E-state index contributed by atoms with van der Waals surface area (Å²) in [5.74, 6) is -2.43. The van der Waals surface area contributed by atoms with Crippen LogP contribution < -0.4 is 16.4 Å². The number of nitrogens with two attached hydrogens (primary N) is 1. The molecule has 9 aromatic heterocycles. The number of carbonyl (C=O) groups is 3. The molecule has 2 amide bonds. The van der Waals surface area contributed by atoms with Gasteiger partial charge >= 0.3 is 5.97 Å². The Kier molecular flexibility index (Phi) is 24.2. The van der Waals surface area contributed by atoms with Crippen LogP contribution in [-0.4, -0.2) is 114 Å². The van der Waals surface area contributed by atoms with Crippen molar-refractivity contribution in [2.45, 2.75) is 74.4 Å². The van der Waals surface area contributed by atoms with E-state index in [1.807, 2.05) is 57.2 Å². The zero-order chi connectivity index (χ0) is 81.0. The number of amides is 2. The molecule has 0 aliphatic rings. The normalized spacial score (nSPS) is 11.6. The van der Waals surface area contributed by atoms with Gasteiger partial charge in [0.05, 0.1) is 59.0 Å². The second-order valence-corrected chi connectivity index (χ2v) is 34.1. The van der Waals surface area contributed by atoms with Gasteiger partial charge in [-0.05, 0) is 182 Å². The summed E-state index contributed by atoms with van der Waals surface area (Å²) >= 11 is 18.1. The Bertz CT molecular complexity index is 6400. The SMILES string of the molecule is COC(=O)c1ccnc(Cc2cc(S(C)(=O)=O)c3ncc(C)cc3c2)c1.Cc1cnc2c(S(C)(=O)=O)cc(Cc3cc(C(=O)NCc4cc5c(Cl)c[nH]c5cc4F)ccn3)cc2c1.Cc1cnc2c(S(C)(=O)=O)cc(Cc3cc(C(=O)NCc4cc5c(Cl)c[nH]c5cc4F)ccn3)cc2c1.NCc1cc2c(Cl)c[nH]c2cc1F. The van der Waals surface area contributed by atoms with Gasteiger partial charge in [0, 0.05) is 207 Å². The van der Waals surface area contributed by atoms with Crippen molar-refractivity contribution < 1.29 is 57.5 Å². The number of esters is 1. The van der Waals surface area contributed by atoms with Gasteiger partial charge in [0.15, 0.2) is 29.5 Å². The zero-order valence-corrected chi connectivity index (χ0v) is 66.1. The number of aromatic nitrogens is 9. The van der Waals surface area contributed by atoms with Gasteiger partial charge < -0.3 is 36.1 Å². The molecule has 0 aliphatic heterocycles. The van der Waals surface area contributed by atoms with Crippen molar-refractivity contribution in [3.8, 4) is 0 Å². The Morgan fingerprint density at radius 3 is 1.06 bits per heavy atom. The summed E-state index contributed by atoms with van der Waals surface area (Å²) < 4.78 is 121. The van der Waals surface area contributed by atoms with E-state index in [1.165, 1.54) is 50.2 Å². The van der Waals surface area contributed by atoms with Crippen LogP contribution in [0.25, 0.3) is 65.4 Å². The highest BCUT2D eigenvalue weighted by molar-refractivity contribution is 7.91. The van der Waals surface area contributed by atoms with E-state index in [-0.39, 0.29) is 40.1 Å². The number of methoxy groups -OCH3 is 1. The maximum atomic E-state index is 14.5. The number of aromatic amines is 3. The third-order valence-electron chi connectivity index (χ3n) is 18.1. The summed E-state index contributed by atoms with van der Waals surface area (Å²) in [6.45, 7) is 5.83. The minimum atomic E-state index is -3.52. The molecule has 113 heavy (non-hydrogen) atoms. The molecule has 0 fully saturated rings. The highest BCUT2D eigenvalue weighted by atomic mass is 35.5. The third kappa shape index (κ3) is 19.3. The number of nitrogens with one attached hydrogen (secondary N) is 5. The van der Waals surface area contributed by atoms with Crippen LogP contribution in [0.4, 0.5) is 13.2 Å². The number of aryl methyl sites for hydroxylation is 3. The van der Waals surface area contributed by atoms with Gasteiger partial charge in [0.25, 0.3) is 11.8 Å². The minimum absolute atomic E-state index is 0.0193. The highest BCUT2D eigenvalue weighted by Crippen LogP contribution is 2.33. The average molecular weight is 1640 g/mol. The molecular formula is C82H70Cl3F3N12O10S3. The topological polar surface area (TPSA) is 338 Å². The first-order valence-electron chi connectivity index (χ1n) is 34.5. The van der Waals surface area contributed by atoms with E-state index in [1.54, 1.807) is 110 Å². The predicted molar refractivity (Wildman–Crippen MR) is 431 cm³/mol. The molecule has 578 valence electrons. The first-order chi connectivity index (χ1) is 53.7. The lowest BCUT2D eigenvalue weighted by Crippen LogP contribution is -2.23. The van der Waals surface area contributed by atoms with E-state index >= 15 is 0 Å². The predicted octanol–water partition coefficient (Wildman–Crippen LogP) is 15.4. The molecule has 0 bridgehead atoms. The number of halogens is 6. The molecule has 0 saturated carbocycles. The fourth-order valence-corrected chi connectivity index (χ4v) is 15.9. The molecule has 0 unspecified atom stereocenters. The van der Waals surface area contributed by atoms with E-state index in [9.17, 15) is 52.8 Å². The quantitative estimate of drug-likeness (QED) is 0.0461. The molecule has 0 aliphatic carbocycles. The number of sulfone groups is 3. The monoisotopic (exact) mass is 1640 g/mol. The van der Waals surface area contributed by atoms with Crippen LogP contribution in [0.15, 0.2) is 198 Å². The highest BCUT2D eigenvalue weighted by Gasteiger charge is 2.22. The van der Waals surface area contributed by atoms with Crippen molar-refractivity contribution in [3.63, 3.8) is 0 Å². The number of carbonyl (C=O) groups excluding carboxylic acids is 3. The lowest BCUT2D eigenvalue weighted by molar-refractivity contribution is 0.0600.